The van der Waals surface area contributed by atoms with Crippen molar-refractivity contribution in [2.24, 2.45) is 0 Å². The van der Waals surface area contributed by atoms with Gasteiger partial charge < -0.3 is 14.5 Å². The van der Waals surface area contributed by atoms with Gasteiger partial charge in [-0.1, -0.05) is 12.1 Å². The summed E-state index contributed by atoms with van der Waals surface area (Å²) in [6, 6.07) is 5.95. The van der Waals surface area contributed by atoms with Crippen molar-refractivity contribution in [2.45, 2.75) is 13.0 Å². The normalized spacial score (nSPS) is 21.4. The van der Waals surface area contributed by atoms with E-state index in [9.17, 15) is 0 Å². The Hall–Kier alpha value is -1.39. The van der Waals surface area contributed by atoms with Crippen molar-refractivity contribution in [1.29, 1.82) is 0 Å². The molecule has 1 aromatic carbocycles. The van der Waals surface area contributed by atoms with Crippen LogP contribution in [0.5, 0.6) is 0 Å². The molecule has 0 aliphatic carbocycles. The van der Waals surface area contributed by atoms with Crippen LogP contribution in [-0.4, -0.2) is 24.7 Å². The van der Waals surface area contributed by atoms with Crippen LogP contribution < -0.4 is 5.32 Å². The Kier molecular flexibility index (Phi) is 2.38. The molecule has 1 aromatic heterocycles. The fourth-order valence-corrected chi connectivity index (χ4v) is 1.97. The lowest BCUT2D eigenvalue weighted by Gasteiger charge is -2.20. The zero-order valence-electron chi connectivity index (χ0n) is 9.19. The molecule has 84 valence electrons. The van der Waals surface area contributed by atoms with Crippen molar-refractivity contribution >= 4 is 11.1 Å². The molecular formula is C12H14N2O2. The first-order valence-electron chi connectivity index (χ1n) is 5.53. The number of ether oxygens (including phenoxy) is 1. The highest BCUT2D eigenvalue weighted by atomic mass is 16.5. The fraction of sp³-hybridized carbons (Fsp3) is 0.417. The molecule has 0 bridgehead atoms. The molecule has 0 saturated carbocycles. The Morgan fingerprint density at radius 2 is 2.38 bits per heavy atom. The second-order valence-electron chi connectivity index (χ2n) is 4.04. The highest BCUT2D eigenvalue weighted by Gasteiger charge is 2.21. The standard InChI is InChI=1S/C12H14N2O2/c1-8-3-2-4-9-11(8)14-12(16-9)10-7-13-5-6-15-10/h2-4,10,13H,5-7H2,1H3. The van der Waals surface area contributed by atoms with E-state index in [4.69, 9.17) is 9.15 Å². The van der Waals surface area contributed by atoms with Gasteiger partial charge in [0.05, 0.1) is 6.61 Å². The zero-order valence-corrected chi connectivity index (χ0v) is 9.19. The zero-order chi connectivity index (χ0) is 11.0. The van der Waals surface area contributed by atoms with Crippen molar-refractivity contribution in [2.75, 3.05) is 19.7 Å². The van der Waals surface area contributed by atoms with Crippen molar-refractivity contribution < 1.29 is 9.15 Å². The van der Waals surface area contributed by atoms with E-state index >= 15 is 0 Å². The number of rotatable bonds is 1. The van der Waals surface area contributed by atoms with Crippen LogP contribution in [-0.2, 0) is 4.74 Å². The molecule has 0 amide bonds. The molecule has 1 aliphatic rings. The maximum atomic E-state index is 5.71. The third kappa shape index (κ3) is 1.60. The molecule has 1 unspecified atom stereocenters. The van der Waals surface area contributed by atoms with Gasteiger partial charge in [0.25, 0.3) is 0 Å². The molecule has 0 radical (unpaired) electrons. The van der Waals surface area contributed by atoms with Crippen LogP contribution in [0.2, 0.25) is 0 Å². The summed E-state index contributed by atoms with van der Waals surface area (Å²) in [6.45, 7) is 4.42. The number of nitrogens with zero attached hydrogens (tertiary/aromatic N) is 1. The lowest BCUT2D eigenvalue weighted by Crippen LogP contribution is -2.33. The highest BCUT2D eigenvalue weighted by Crippen LogP contribution is 2.24. The first-order chi connectivity index (χ1) is 7.84. The predicted octanol–water partition coefficient (Wildman–Crippen LogP) is 1.80. The molecule has 2 heterocycles. The van der Waals surface area contributed by atoms with E-state index < -0.39 is 0 Å². The SMILES string of the molecule is Cc1cccc2oc(C3CNCCO3)nc12. The Balaban J connectivity index is 2.01. The van der Waals surface area contributed by atoms with Gasteiger partial charge in [-0.15, -0.1) is 0 Å². The molecular weight excluding hydrogens is 204 g/mol. The van der Waals surface area contributed by atoms with Crippen LogP contribution in [0.25, 0.3) is 11.1 Å². The third-order valence-corrected chi connectivity index (χ3v) is 2.84. The Bertz CT molecular complexity index is 501. The molecule has 16 heavy (non-hydrogen) atoms. The first kappa shape index (κ1) is 9.81. The van der Waals surface area contributed by atoms with E-state index in [-0.39, 0.29) is 6.10 Å². The molecule has 4 heteroatoms. The quantitative estimate of drug-likeness (QED) is 0.792. The minimum atomic E-state index is -0.0550. The molecule has 1 aliphatic heterocycles. The molecule has 3 rings (SSSR count). The molecule has 1 saturated heterocycles. The van der Waals surface area contributed by atoms with Gasteiger partial charge >= 0.3 is 0 Å². The van der Waals surface area contributed by atoms with Crippen LogP contribution in [0.15, 0.2) is 22.6 Å². The molecule has 0 spiro atoms. The number of benzene rings is 1. The van der Waals surface area contributed by atoms with Crippen molar-refractivity contribution in [1.82, 2.24) is 10.3 Å². The number of para-hydroxylation sites is 1. The minimum absolute atomic E-state index is 0.0550. The van der Waals surface area contributed by atoms with Crippen molar-refractivity contribution in [3.63, 3.8) is 0 Å². The fourth-order valence-electron chi connectivity index (χ4n) is 1.97. The van der Waals surface area contributed by atoms with Crippen molar-refractivity contribution in [3.8, 4) is 0 Å². The van der Waals surface area contributed by atoms with Crippen LogP contribution in [0, 0.1) is 6.92 Å². The summed E-state index contributed by atoms with van der Waals surface area (Å²) >= 11 is 0. The average molecular weight is 218 g/mol. The van der Waals surface area contributed by atoms with E-state index in [2.05, 4.69) is 10.3 Å². The lowest BCUT2D eigenvalue weighted by molar-refractivity contribution is 0.0118. The summed E-state index contributed by atoms with van der Waals surface area (Å²) in [7, 11) is 0. The summed E-state index contributed by atoms with van der Waals surface area (Å²) in [5.41, 5.74) is 2.91. The number of oxazole rings is 1. The predicted molar refractivity (Wildman–Crippen MR) is 60.3 cm³/mol. The van der Waals surface area contributed by atoms with Gasteiger partial charge in [0.2, 0.25) is 5.89 Å². The average Bonchev–Trinajstić information content (AvgIpc) is 2.76. The third-order valence-electron chi connectivity index (χ3n) is 2.84. The van der Waals surface area contributed by atoms with Gasteiger partial charge in [0, 0.05) is 13.1 Å². The molecule has 1 N–H and O–H groups in total. The number of hydrogen-bond acceptors (Lipinski definition) is 4. The number of aromatic nitrogens is 1. The number of fused-ring (bicyclic) bond motifs is 1. The second kappa shape index (κ2) is 3.88. The van der Waals surface area contributed by atoms with Crippen LogP contribution >= 0.6 is 0 Å². The Morgan fingerprint density at radius 3 is 3.12 bits per heavy atom. The summed E-state index contributed by atoms with van der Waals surface area (Å²) < 4.78 is 11.3. The molecule has 2 aromatic rings. The van der Waals surface area contributed by atoms with E-state index in [0.717, 1.165) is 29.8 Å². The number of morpholine rings is 1. The van der Waals surface area contributed by atoms with Gasteiger partial charge in [0.1, 0.15) is 11.6 Å². The van der Waals surface area contributed by atoms with Gasteiger partial charge in [-0.2, -0.15) is 0 Å². The number of nitrogens with one attached hydrogen (secondary N) is 1. The molecule has 1 atom stereocenters. The molecule has 4 nitrogen and oxygen atoms in total. The van der Waals surface area contributed by atoms with E-state index in [1.165, 1.54) is 0 Å². The van der Waals surface area contributed by atoms with E-state index in [1.54, 1.807) is 0 Å². The van der Waals surface area contributed by atoms with Crippen LogP contribution in [0.4, 0.5) is 0 Å². The monoisotopic (exact) mass is 218 g/mol. The van der Waals surface area contributed by atoms with Crippen molar-refractivity contribution in [3.05, 3.63) is 29.7 Å². The van der Waals surface area contributed by atoms with Gasteiger partial charge in [-0.3, -0.25) is 0 Å². The van der Waals surface area contributed by atoms with Gasteiger partial charge in [-0.25, -0.2) is 4.98 Å². The smallest absolute Gasteiger partial charge is 0.225 e. The summed E-state index contributed by atoms with van der Waals surface area (Å²) in [6.07, 6.45) is -0.0550. The summed E-state index contributed by atoms with van der Waals surface area (Å²) in [4.78, 5) is 4.50. The van der Waals surface area contributed by atoms with Gasteiger partial charge in [-0.05, 0) is 18.6 Å². The second-order valence-corrected chi connectivity index (χ2v) is 4.04. The highest BCUT2D eigenvalue weighted by molar-refractivity contribution is 5.76. The lowest BCUT2D eigenvalue weighted by atomic mass is 10.2. The largest absolute Gasteiger partial charge is 0.438 e. The first-order valence-corrected chi connectivity index (χ1v) is 5.53. The number of hydrogen-bond donors (Lipinski definition) is 1. The van der Waals surface area contributed by atoms with E-state index in [0.29, 0.717) is 12.5 Å². The maximum Gasteiger partial charge on any atom is 0.225 e. The Morgan fingerprint density at radius 1 is 1.44 bits per heavy atom. The summed E-state index contributed by atoms with van der Waals surface area (Å²) in [5, 5.41) is 3.27. The maximum absolute atomic E-state index is 5.71. The van der Waals surface area contributed by atoms with Gasteiger partial charge in [0.15, 0.2) is 5.58 Å². The minimum Gasteiger partial charge on any atom is -0.438 e. The van der Waals surface area contributed by atoms with Crippen LogP contribution in [0.1, 0.15) is 17.6 Å². The molecule has 1 fully saturated rings. The topological polar surface area (TPSA) is 47.3 Å². The summed E-state index contributed by atoms with van der Waals surface area (Å²) in [5.74, 6) is 0.677. The number of aryl methyl sites for hydroxylation is 1. The Labute approximate surface area is 93.6 Å². The van der Waals surface area contributed by atoms with E-state index in [1.807, 2.05) is 25.1 Å². The van der Waals surface area contributed by atoms with Crippen LogP contribution in [0.3, 0.4) is 0 Å².